The maximum absolute atomic E-state index is 9.24. The van der Waals surface area contributed by atoms with E-state index >= 15 is 0 Å². The molecule has 0 radical (unpaired) electrons. The van der Waals surface area contributed by atoms with Crippen LogP contribution in [0.15, 0.2) is 36.7 Å². The summed E-state index contributed by atoms with van der Waals surface area (Å²) in [5.41, 5.74) is 0. The van der Waals surface area contributed by atoms with Gasteiger partial charge in [0, 0.05) is 6.54 Å². The van der Waals surface area contributed by atoms with Crippen molar-refractivity contribution in [3.63, 3.8) is 0 Å². The molecule has 2 N–H and O–H groups in total. The summed E-state index contributed by atoms with van der Waals surface area (Å²) >= 11 is 0. The molecule has 5 nitrogen and oxygen atoms in total. The van der Waals surface area contributed by atoms with E-state index < -0.39 is 0 Å². The standard InChI is InChI=1S/C15H19N3O2/c19-13-4-6-14(7-5-13)20-15-10-17-18(11-15)12-3-1-2-8-16-9-12/h4-7,10-12,16,19H,1-3,8-9H2. The van der Waals surface area contributed by atoms with E-state index in [9.17, 15) is 5.11 Å². The number of aromatic nitrogens is 2. The first kappa shape index (κ1) is 13.0. The van der Waals surface area contributed by atoms with E-state index in [2.05, 4.69) is 10.4 Å². The predicted octanol–water partition coefficient (Wildman–Crippen LogP) is 2.70. The van der Waals surface area contributed by atoms with Crippen LogP contribution in [0.1, 0.15) is 25.3 Å². The third-order valence-electron chi connectivity index (χ3n) is 3.55. The average molecular weight is 273 g/mol. The number of aromatic hydroxyl groups is 1. The van der Waals surface area contributed by atoms with Crippen molar-refractivity contribution in [3.8, 4) is 17.2 Å². The molecule has 1 atom stereocenters. The average Bonchev–Trinajstić information content (AvgIpc) is 2.74. The van der Waals surface area contributed by atoms with Crippen molar-refractivity contribution in [1.29, 1.82) is 0 Å². The van der Waals surface area contributed by atoms with Gasteiger partial charge in [0.25, 0.3) is 0 Å². The third kappa shape index (κ3) is 3.11. The molecular weight excluding hydrogens is 254 g/mol. The molecule has 1 aromatic carbocycles. The van der Waals surface area contributed by atoms with E-state index in [1.54, 1.807) is 30.5 Å². The molecule has 20 heavy (non-hydrogen) atoms. The van der Waals surface area contributed by atoms with Crippen molar-refractivity contribution in [3.05, 3.63) is 36.7 Å². The Kier molecular flexibility index (Phi) is 3.87. The molecule has 5 heteroatoms. The molecule has 1 aliphatic rings. The van der Waals surface area contributed by atoms with Gasteiger partial charge >= 0.3 is 0 Å². The molecule has 1 fully saturated rings. The summed E-state index contributed by atoms with van der Waals surface area (Å²) in [5.74, 6) is 1.65. The number of nitrogens with one attached hydrogen (secondary N) is 1. The van der Waals surface area contributed by atoms with Gasteiger partial charge in [0.05, 0.1) is 18.4 Å². The summed E-state index contributed by atoms with van der Waals surface area (Å²) in [4.78, 5) is 0. The summed E-state index contributed by atoms with van der Waals surface area (Å²) in [7, 11) is 0. The van der Waals surface area contributed by atoms with Crippen molar-refractivity contribution in [2.45, 2.75) is 25.3 Å². The second-order valence-corrected chi connectivity index (χ2v) is 5.11. The molecule has 0 spiro atoms. The molecule has 1 saturated heterocycles. The topological polar surface area (TPSA) is 59.3 Å². The summed E-state index contributed by atoms with van der Waals surface area (Å²) in [6.07, 6.45) is 7.27. The lowest BCUT2D eigenvalue weighted by molar-refractivity contribution is 0.418. The minimum absolute atomic E-state index is 0.234. The van der Waals surface area contributed by atoms with Crippen LogP contribution in [0.3, 0.4) is 0 Å². The van der Waals surface area contributed by atoms with Gasteiger partial charge < -0.3 is 15.2 Å². The van der Waals surface area contributed by atoms with Gasteiger partial charge in [0.15, 0.2) is 5.75 Å². The quantitative estimate of drug-likeness (QED) is 0.902. The van der Waals surface area contributed by atoms with Gasteiger partial charge in [-0.3, -0.25) is 4.68 Å². The molecule has 1 aliphatic heterocycles. The van der Waals surface area contributed by atoms with E-state index in [1.807, 2.05) is 10.9 Å². The molecule has 0 amide bonds. The lowest BCUT2D eigenvalue weighted by atomic mass is 10.1. The Balaban J connectivity index is 1.68. The summed E-state index contributed by atoms with van der Waals surface area (Å²) in [5, 5.41) is 17.1. The highest BCUT2D eigenvalue weighted by Crippen LogP contribution is 2.25. The number of hydrogen-bond acceptors (Lipinski definition) is 4. The first-order chi connectivity index (χ1) is 9.81. The van der Waals surface area contributed by atoms with Crippen molar-refractivity contribution < 1.29 is 9.84 Å². The maximum Gasteiger partial charge on any atom is 0.165 e. The van der Waals surface area contributed by atoms with Crippen LogP contribution >= 0.6 is 0 Å². The van der Waals surface area contributed by atoms with E-state index in [0.29, 0.717) is 11.8 Å². The maximum atomic E-state index is 9.24. The summed E-state index contributed by atoms with van der Waals surface area (Å²) in [6, 6.07) is 7.08. The van der Waals surface area contributed by atoms with Gasteiger partial charge in [-0.05, 0) is 43.7 Å². The molecule has 106 valence electrons. The molecule has 0 aliphatic carbocycles. The van der Waals surface area contributed by atoms with Crippen LogP contribution in [0.5, 0.6) is 17.2 Å². The molecule has 0 saturated carbocycles. The fourth-order valence-corrected chi connectivity index (χ4v) is 2.45. The van der Waals surface area contributed by atoms with Crippen LogP contribution in [0.2, 0.25) is 0 Å². The number of benzene rings is 1. The molecule has 1 aromatic heterocycles. The first-order valence-electron chi connectivity index (χ1n) is 7.03. The van der Waals surface area contributed by atoms with Gasteiger partial charge in [0.1, 0.15) is 11.5 Å². The zero-order valence-corrected chi connectivity index (χ0v) is 11.3. The van der Waals surface area contributed by atoms with Crippen LogP contribution in [-0.4, -0.2) is 28.0 Å². The van der Waals surface area contributed by atoms with Gasteiger partial charge in [-0.25, -0.2) is 0 Å². The highest BCUT2D eigenvalue weighted by Gasteiger charge is 2.15. The second-order valence-electron chi connectivity index (χ2n) is 5.11. The predicted molar refractivity (Wildman–Crippen MR) is 76.2 cm³/mol. The van der Waals surface area contributed by atoms with Gasteiger partial charge in [0.2, 0.25) is 0 Å². The lowest BCUT2D eigenvalue weighted by Gasteiger charge is -2.14. The molecule has 0 bridgehead atoms. The molecule has 2 heterocycles. The Labute approximate surface area is 118 Å². The smallest absolute Gasteiger partial charge is 0.165 e. The van der Waals surface area contributed by atoms with Crippen molar-refractivity contribution >= 4 is 0 Å². The van der Waals surface area contributed by atoms with E-state index in [4.69, 9.17) is 4.74 Å². The third-order valence-corrected chi connectivity index (χ3v) is 3.55. The van der Waals surface area contributed by atoms with Gasteiger partial charge in [-0.15, -0.1) is 0 Å². The second kappa shape index (κ2) is 5.96. The first-order valence-corrected chi connectivity index (χ1v) is 7.03. The highest BCUT2D eigenvalue weighted by atomic mass is 16.5. The molecular formula is C15H19N3O2. The Morgan fingerprint density at radius 1 is 1.20 bits per heavy atom. The Morgan fingerprint density at radius 2 is 2.05 bits per heavy atom. The minimum atomic E-state index is 0.234. The normalized spacial score (nSPS) is 19.5. The molecule has 1 unspecified atom stereocenters. The molecule has 2 aromatic rings. The van der Waals surface area contributed by atoms with Crippen LogP contribution in [0, 0.1) is 0 Å². The number of rotatable bonds is 3. The minimum Gasteiger partial charge on any atom is -0.508 e. The SMILES string of the molecule is Oc1ccc(Oc2cnn(C3CCCCNC3)c2)cc1. The number of nitrogens with zero attached hydrogens (tertiary/aromatic N) is 2. The van der Waals surface area contributed by atoms with Crippen LogP contribution in [0.25, 0.3) is 0 Å². The monoisotopic (exact) mass is 273 g/mol. The van der Waals surface area contributed by atoms with Crippen LogP contribution < -0.4 is 10.1 Å². The number of ether oxygens (including phenoxy) is 1. The van der Waals surface area contributed by atoms with Crippen molar-refractivity contribution in [2.75, 3.05) is 13.1 Å². The summed E-state index contributed by atoms with van der Waals surface area (Å²) in [6.45, 7) is 2.05. The van der Waals surface area contributed by atoms with Crippen molar-refractivity contribution in [1.82, 2.24) is 15.1 Å². The fourth-order valence-electron chi connectivity index (χ4n) is 2.45. The number of hydrogen-bond donors (Lipinski definition) is 2. The van der Waals surface area contributed by atoms with E-state index in [1.165, 1.54) is 12.8 Å². The van der Waals surface area contributed by atoms with Gasteiger partial charge in [-0.2, -0.15) is 5.10 Å². The van der Waals surface area contributed by atoms with Crippen LogP contribution in [0.4, 0.5) is 0 Å². The zero-order valence-electron chi connectivity index (χ0n) is 11.3. The number of phenolic OH excluding ortho intramolecular Hbond substituents is 1. The Morgan fingerprint density at radius 3 is 2.90 bits per heavy atom. The Hall–Kier alpha value is -2.01. The molecule has 3 rings (SSSR count). The van der Waals surface area contributed by atoms with Crippen molar-refractivity contribution in [2.24, 2.45) is 0 Å². The Bertz CT molecular complexity index is 543. The highest BCUT2D eigenvalue weighted by molar-refractivity contribution is 5.33. The van der Waals surface area contributed by atoms with E-state index in [0.717, 1.165) is 25.3 Å². The zero-order chi connectivity index (χ0) is 13.8. The summed E-state index contributed by atoms with van der Waals surface area (Å²) < 4.78 is 7.70. The van der Waals surface area contributed by atoms with Gasteiger partial charge in [-0.1, -0.05) is 6.42 Å². The fraction of sp³-hybridized carbons (Fsp3) is 0.400. The van der Waals surface area contributed by atoms with E-state index in [-0.39, 0.29) is 5.75 Å². The van der Waals surface area contributed by atoms with Crippen LogP contribution in [-0.2, 0) is 0 Å². The number of phenols is 1. The lowest BCUT2D eigenvalue weighted by Crippen LogP contribution is -2.23. The largest absolute Gasteiger partial charge is 0.508 e.